The summed E-state index contributed by atoms with van der Waals surface area (Å²) in [6.45, 7) is 5.25. The van der Waals surface area contributed by atoms with Gasteiger partial charge >= 0.3 is 0 Å². The van der Waals surface area contributed by atoms with E-state index < -0.39 is 0 Å². The number of piperazine rings is 1. The van der Waals surface area contributed by atoms with Crippen LogP contribution in [0, 0.1) is 0 Å². The predicted octanol–water partition coefficient (Wildman–Crippen LogP) is 2.92. The molecule has 2 aliphatic heterocycles. The van der Waals surface area contributed by atoms with E-state index in [2.05, 4.69) is 26.1 Å². The number of carbonyl (C=O) groups excluding carboxylic acids is 1. The highest BCUT2D eigenvalue weighted by molar-refractivity contribution is 7.21. The summed E-state index contributed by atoms with van der Waals surface area (Å²) in [5, 5.41) is 2.03. The first-order valence-corrected chi connectivity index (χ1v) is 9.80. The molecule has 0 N–H and O–H groups in total. The quantitative estimate of drug-likeness (QED) is 0.680. The van der Waals surface area contributed by atoms with E-state index in [1.807, 2.05) is 17.6 Å². The van der Waals surface area contributed by atoms with Crippen molar-refractivity contribution in [2.75, 3.05) is 19.6 Å². The van der Waals surface area contributed by atoms with Crippen LogP contribution in [-0.2, 0) is 0 Å². The van der Waals surface area contributed by atoms with Crippen LogP contribution in [-0.4, -0.2) is 56.8 Å². The number of aromatic nitrogens is 2. The Labute approximate surface area is 142 Å². The third-order valence-corrected chi connectivity index (χ3v) is 6.91. The Balaban J connectivity index is 1.48. The maximum Gasteiger partial charge on any atom is 0.264 e. The Kier molecular flexibility index (Phi) is 3.05. The molecular weight excluding hydrogens is 328 g/mol. The zero-order valence-electron chi connectivity index (χ0n) is 12.9. The molecule has 0 saturated carbocycles. The highest BCUT2D eigenvalue weighted by Gasteiger charge is 2.37. The molecule has 3 aromatic rings. The Morgan fingerprint density at radius 1 is 1.39 bits per heavy atom. The normalized spacial score (nSPS) is 25.5. The molecule has 1 amide bonds. The van der Waals surface area contributed by atoms with Gasteiger partial charge in [0.2, 0.25) is 0 Å². The predicted molar refractivity (Wildman–Crippen MR) is 93.5 cm³/mol. The van der Waals surface area contributed by atoms with E-state index in [0.717, 1.165) is 33.3 Å². The van der Waals surface area contributed by atoms with Gasteiger partial charge in [0.1, 0.15) is 4.83 Å². The molecular formula is C16H18N4OS2. The minimum Gasteiger partial charge on any atom is -0.332 e. The summed E-state index contributed by atoms with van der Waals surface area (Å²) in [5.41, 5.74) is 1.06. The van der Waals surface area contributed by atoms with E-state index in [1.165, 1.54) is 30.7 Å². The van der Waals surface area contributed by atoms with Crippen LogP contribution < -0.4 is 0 Å². The van der Waals surface area contributed by atoms with Crippen LogP contribution in [0.15, 0.2) is 17.6 Å². The van der Waals surface area contributed by atoms with Gasteiger partial charge in [-0.05, 0) is 32.4 Å². The number of thiophene rings is 1. The molecule has 2 saturated heterocycles. The van der Waals surface area contributed by atoms with E-state index in [9.17, 15) is 4.79 Å². The van der Waals surface area contributed by atoms with Crippen LogP contribution in [0.1, 0.15) is 29.4 Å². The van der Waals surface area contributed by atoms with E-state index in [1.54, 1.807) is 11.3 Å². The number of nitrogens with zero attached hydrogens (tertiary/aromatic N) is 4. The Morgan fingerprint density at radius 3 is 3.22 bits per heavy atom. The number of amides is 1. The number of fused-ring (bicyclic) bond motifs is 4. The van der Waals surface area contributed by atoms with Crippen LogP contribution >= 0.6 is 22.7 Å². The van der Waals surface area contributed by atoms with E-state index >= 15 is 0 Å². The molecule has 2 atom stereocenters. The molecule has 5 nitrogen and oxygen atoms in total. The summed E-state index contributed by atoms with van der Waals surface area (Å²) in [6, 6.07) is 2.86. The smallest absolute Gasteiger partial charge is 0.264 e. The average Bonchev–Trinajstić information content (AvgIpc) is 3.25. The number of thiazole rings is 1. The van der Waals surface area contributed by atoms with Crippen LogP contribution in [0.25, 0.3) is 15.3 Å². The van der Waals surface area contributed by atoms with Gasteiger partial charge in [0.05, 0.1) is 10.4 Å². The fraction of sp³-hybridized carbons (Fsp3) is 0.500. The molecule has 2 fully saturated rings. The zero-order chi connectivity index (χ0) is 15.6. The van der Waals surface area contributed by atoms with E-state index in [0.29, 0.717) is 6.04 Å². The van der Waals surface area contributed by atoms with Crippen LogP contribution in [0.2, 0.25) is 0 Å². The van der Waals surface area contributed by atoms with Gasteiger partial charge in [-0.15, -0.1) is 22.7 Å². The van der Waals surface area contributed by atoms with Crippen LogP contribution in [0.5, 0.6) is 0 Å². The molecule has 7 heteroatoms. The first kappa shape index (κ1) is 13.9. The molecule has 0 bridgehead atoms. The van der Waals surface area contributed by atoms with Crippen molar-refractivity contribution in [1.29, 1.82) is 0 Å². The molecule has 0 unspecified atom stereocenters. The molecule has 0 aromatic carbocycles. The molecule has 23 heavy (non-hydrogen) atoms. The van der Waals surface area contributed by atoms with Gasteiger partial charge in [0.15, 0.2) is 4.96 Å². The SMILES string of the molecule is C[C@@H]1CN2CCC[C@@H]2CN1C(=O)c1cc2c(nc3sccn32)s1. The van der Waals surface area contributed by atoms with Gasteiger partial charge in [-0.2, -0.15) is 0 Å². The maximum atomic E-state index is 13.0. The highest BCUT2D eigenvalue weighted by Crippen LogP contribution is 2.31. The minimum absolute atomic E-state index is 0.177. The van der Waals surface area contributed by atoms with Gasteiger partial charge < -0.3 is 4.90 Å². The number of hydrogen-bond donors (Lipinski definition) is 0. The van der Waals surface area contributed by atoms with Crippen LogP contribution in [0.4, 0.5) is 0 Å². The van der Waals surface area contributed by atoms with Crippen molar-refractivity contribution >= 4 is 43.9 Å². The molecule has 0 spiro atoms. The second-order valence-electron chi connectivity index (χ2n) is 6.57. The van der Waals surface area contributed by atoms with Crippen molar-refractivity contribution in [3.63, 3.8) is 0 Å². The van der Waals surface area contributed by atoms with Gasteiger partial charge in [-0.3, -0.25) is 14.1 Å². The zero-order valence-corrected chi connectivity index (χ0v) is 14.6. The van der Waals surface area contributed by atoms with Crippen molar-refractivity contribution in [2.24, 2.45) is 0 Å². The summed E-state index contributed by atoms with van der Waals surface area (Å²) in [5.74, 6) is 0.177. The summed E-state index contributed by atoms with van der Waals surface area (Å²) in [6.07, 6.45) is 4.51. The van der Waals surface area contributed by atoms with Crippen LogP contribution in [0.3, 0.4) is 0 Å². The van der Waals surface area contributed by atoms with Gasteiger partial charge in [0, 0.05) is 36.8 Å². The van der Waals surface area contributed by atoms with Gasteiger partial charge in [-0.25, -0.2) is 4.98 Å². The number of rotatable bonds is 1. The second kappa shape index (κ2) is 5.03. The first-order valence-electron chi connectivity index (χ1n) is 8.11. The first-order chi connectivity index (χ1) is 11.2. The standard InChI is InChI=1S/C16H18N4OS2/c1-10-8-18-4-2-3-11(18)9-20(10)15(21)13-7-12-14(23-13)17-16-19(12)5-6-22-16/h5-7,10-11H,2-4,8-9H2,1H3/t10-,11-/m1/s1. The Bertz CT molecular complexity index is 894. The average molecular weight is 346 g/mol. The molecule has 0 aliphatic carbocycles. The van der Waals surface area contributed by atoms with Gasteiger partial charge in [0.25, 0.3) is 5.91 Å². The number of hydrogen-bond acceptors (Lipinski definition) is 5. The lowest BCUT2D eigenvalue weighted by atomic mass is 10.1. The van der Waals surface area contributed by atoms with E-state index in [-0.39, 0.29) is 11.9 Å². The summed E-state index contributed by atoms with van der Waals surface area (Å²) < 4.78 is 2.08. The molecule has 5 heterocycles. The lowest BCUT2D eigenvalue weighted by molar-refractivity contribution is 0.0400. The Hall–Kier alpha value is -1.44. The van der Waals surface area contributed by atoms with Crippen molar-refractivity contribution in [1.82, 2.24) is 19.2 Å². The molecule has 3 aromatic heterocycles. The summed E-state index contributed by atoms with van der Waals surface area (Å²) in [4.78, 5) is 25.0. The van der Waals surface area contributed by atoms with Crippen molar-refractivity contribution in [3.8, 4) is 0 Å². The topological polar surface area (TPSA) is 40.8 Å². The third-order valence-electron chi connectivity index (χ3n) is 5.15. The second-order valence-corrected chi connectivity index (χ2v) is 8.47. The highest BCUT2D eigenvalue weighted by atomic mass is 32.1. The fourth-order valence-electron chi connectivity index (χ4n) is 3.96. The largest absolute Gasteiger partial charge is 0.332 e. The summed E-state index contributed by atoms with van der Waals surface area (Å²) >= 11 is 3.16. The molecule has 120 valence electrons. The monoisotopic (exact) mass is 346 g/mol. The molecule has 0 radical (unpaired) electrons. The maximum absolute atomic E-state index is 13.0. The lowest BCUT2D eigenvalue weighted by Crippen LogP contribution is -2.56. The van der Waals surface area contributed by atoms with Crippen molar-refractivity contribution < 1.29 is 4.79 Å². The fourth-order valence-corrected chi connectivity index (χ4v) is 5.72. The lowest BCUT2D eigenvalue weighted by Gasteiger charge is -2.42. The van der Waals surface area contributed by atoms with Gasteiger partial charge in [-0.1, -0.05) is 0 Å². The molecule has 2 aliphatic rings. The minimum atomic E-state index is 0.177. The Morgan fingerprint density at radius 2 is 2.30 bits per heavy atom. The van der Waals surface area contributed by atoms with Crippen molar-refractivity contribution in [2.45, 2.75) is 31.8 Å². The summed E-state index contributed by atoms with van der Waals surface area (Å²) in [7, 11) is 0. The number of imidazole rings is 1. The number of carbonyl (C=O) groups is 1. The third kappa shape index (κ3) is 2.07. The molecule has 5 rings (SSSR count). The van der Waals surface area contributed by atoms with E-state index in [4.69, 9.17) is 0 Å². The van der Waals surface area contributed by atoms with Crippen molar-refractivity contribution in [3.05, 3.63) is 22.5 Å².